The van der Waals surface area contributed by atoms with Crippen molar-refractivity contribution >= 4 is 35.0 Å². The average molecular weight is 305 g/mol. The summed E-state index contributed by atoms with van der Waals surface area (Å²) in [5.74, 6) is -1.74. The second-order valence-electron chi connectivity index (χ2n) is 4.22. The summed E-state index contributed by atoms with van der Waals surface area (Å²) < 4.78 is 13.2. The highest BCUT2D eigenvalue weighted by atomic mass is 32.1. The van der Waals surface area contributed by atoms with Crippen LogP contribution in [0.3, 0.4) is 0 Å². The normalized spacial score (nSPS) is 10.8. The van der Waals surface area contributed by atoms with E-state index < -0.39 is 11.8 Å². The van der Waals surface area contributed by atoms with Crippen molar-refractivity contribution < 1.29 is 19.1 Å². The fourth-order valence-corrected chi connectivity index (χ4v) is 2.56. The number of anilines is 1. The maximum atomic E-state index is 13.2. The summed E-state index contributed by atoms with van der Waals surface area (Å²) in [6.07, 6.45) is 2.43. The molecule has 21 heavy (non-hydrogen) atoms. The molecular weight excluding hydrogens is 293 g/mol. The number of nitrogens with zero attached hydrogens (tertiary/aromatic N) is 1. The molecule has 1 N–H and O–H groups in total. The van der Waals surface area contributed by atoms with Crippen molar-refractivity contribution in [3.63, 3.8) is 0 Å². The Morgan fingerprint density at radius 2 is 2.05 bits per heavy atom. The SMILES string of the molecule is CN(C(=O)c1ccc(C=CC(=O)O)s1)c1cccc(F)c1. The molecule has 0 saturated heterocycles. The third-order valence-electron chi connectivity index (χ3n) is 2.73. The van der Waals surface area contributed by atoms with Gasteiger partial charge in [-0.3, -0.25) is 4.79 Å². The first-order valence-corrected chi connectivity index (χ1v) is 6.83. The van der Waals surface area contributed by atoms with Crippen LogP contribution in [0.4, 0.5) is 10.1 Å². The molecule has 0 aliphatic rings. The molecule has 0 aliphatic carbocycles. The third-order valence-corrected chi connectivity index (χ3v) is 3.77. The van der Waals surface area contributed by atoms with Crippen LogP contribution >= 0.6 is 11.3 Å². The van der Waals surface area contributed by atoms with Gasteiger partial charge in [0.15, 0.2) is 0 Å². The predicted octanol–water partition coefficient (Wildman–Crippen LogP) is 3.26. The van der Waals surface area contributed by atoms with Gasteiger partial charge in [0.2, 0.25) is 0 Å². The molecule has 1 heterocycles. The molecule has 108 valence electrons. The molecule has 1 aromatic heterocycles. The van der Waals surface area contributed by atoms with E-state index in [2.05, 4.69) is 0 Å². The van der Waals surface area contributed by atoms with Crippen LogP contribution in [0, 0.1) is 5.82 Å². The van der Waals surface area contributed by atoms with E-state index in [4.69, 9.17) is 5.11 Å². The van der Waals surface area contributed by atoms with Gasteiger partial charge in [-0.15, -0.1) is 11.3 Å². The maximum absolute atomic E-state index is 13.2. The number of carbonyl (C=O) groups excluding carboxylic acids is 1. The average Bonchev–Trinajstić information content (AvgIpc) is 2.92. The summed E-state index contributed by atoms with van der Waals surface area (Å²) in [5.41, 5.74) is 0.455. The first-order valence-electron chi connectivity index (χ1n) is 6.02. The van der Waals surface area contributed by atoms with E-state index in [1.165, 1.54) is 40.5 Å². The lowest BCUT2D eigenvalue weighted by atomic mass is 10.2. The van der Waals surface area contributed by atoms with Gasteiger partial charge in [-0.05, 0) is 36.4 Å². The molecule has 0 saturated carbocycles. The standard InChI is InChI=1S/C15H12FNO3S/c1-17(11-4-2-3-10(16)9-11)15(20)13-7-5-12(21-13)6-8-14(18)19/h2-9H,1H3,(H,18,19). The van der Waals surface area contributed by atoms with Crippen LogP contribution < -0.4 is 4.90 Å². The fourth-order valence-electron chi connectivity index (χ4n) is 1.68. The van der Waals surface area contributed by atoms with Crippen LogP contribution in [0.1, 0.15) is 14.5 Å². The molecule has 2 aromatic rings. The fraction of sp³-hybridized carbons (Fsp3) is 0.0667. The lowest BCUT2D eigenvalue weighted by molar-refractivity contribution is -0.131. The van der Waals surface area contributed by atoms with E-state index in [0.717, 1.165) is 6.08 Å². The van der Waals surface area contributed by atoms with Crippen molar-refractivity contribution in [2.75, 3.05) is 11.9 Å². The second-order valence-corrected chi connectivity index (χ2v) is 5.33. The highest BCUT2D eigenvalue weighted by Gasteiger charge is 2.15. The minimum Gasteiger partial charge on any atom is -0.478 e. The molecule has 4 nitrogen and oxygen atoms in total. The molecule has 6 heteroatoms. The van der Waals surface area contributed by atoms with E-state index in [1.807, 2.05) is 0 Å². The molecule has 0 fully saturated rings. The largest absolute Gasteiger partial charge is 0.478 e. The molecule has 0 unspecified atom stereocenters. The molecule has 2 rings (SSSR count). The van der Waals surface area contributed by atoms with Gasteiger partial charge in [-0.2, -0.15) is 0 Å². The number of carboxylic acid groups (broad SMARTS) is 1. The summed E-state index contributed by atoms with van der Waals surface area (Å²) in [4.78, 5) is 25.2. The summed E-state index contributed by atoms with van der Waals surface area (Å²) in [7, 11) is 1.56. The van der Waals surface area contributed by atoms with E-state index in [0.29, 0.717) is 15.4 Å². The Balaban J connectivity index is 2.18. The molecule has 1 amide bonds. The van der Waals surface area contributed by atoms with Crippen LogP contribution in [0.2, 0.25) is 0 Å². The van der Waals surface area contributed by atoms with Crippen molar-refractivity contribution in [2.24, 2.45) is 0 Å². The number of benzene rings is 1. The van der Waals surface area contributed by atoms with E-state index in [9.17, 15) is 14.0 Å². The van der Waals surface area contributed by atoms with E-state index in [1.54, 1.807) is 25.2 Å². The van der Waals surface area contributed by atoms with Gasteiger partial charge in [-0.25, -0.2) is 9.18 Å². The number of hydrogen-bond donors (Lipinski definition) is 1. The highest BCUT2D eigenvalue weighted by molar-refractivity contribution is 7.15. The van der Waals surface area contributed by atoms with Crippen LogP contribution in [-0.4, -0.2) is 24.0 Å². The van der Waals surface area contributed by atoms with Gasteiger partial charge >= 0.3 is 5.97 Å². The summed E-state index contributed by atoms with van der Waals surface area (Å²) in [6, 6.07) is 9.03. The van der Waals surface area contributed by atoms with Gasteiger partial charge in [0.05, 0.1) is 4.88 Å². The van der Waals surface area contributed by atoms with Gasteiger partial charge in [-0.1, -0.05) is 6.07 Å². The number of carboxylic acids is 1. The lowest BCUT2D eigenvalue weighted by Gasteiger charge is -2.16. The Hall–Kier alpha value is -2.47. The molecular formula is C15H12FNO3S. The zero-order valence-electron chi connectivity index (χ0n) is 11.1. The molecule has 0 atom stereocenters. The Morgan fingerprint density at radius 3 is 2.71 bits per heavy atom. The van der Waals surface area contributed by atoms with Crippen LogP contribution in [-0.2, 0) is 4.79 Å². The first kappa shape index (κ1) is 14.9. The molecule has 1 aromatic carbocycles. The Labute approximate surface area is 124 Å². The molecule has 0 aliphatic heterocycles. The van der Waals surface area contributed by atoms with Gasteiger partial charge < -0.3 is 10.0 Å². The number of thiophene rings is 1. The molecule has 0 radical (unpaired) electrons. The number of amides is 1. The number of rotatable bonds is 4. The highest BCUT2D eigenvalue weighted by Crippen LogP contribution is 2.22. The zero-order valence-corrected chi connectivity index (χ0v) is 11.9. The number of aliphatic carboxylic acids is 1. The van der Waals surface area contributed by atoms with Crippen molar-refractivity contribution in [1.82, 2.24) is 0 Å². The lowest BCUT2D eigenvalue weighted by Crippen LogP contribution is -2.25. The summed E-state index contributed by atoms with van der Waals surface area (Å²) in [6.45, 7) is 0. The summed E-state index contributed by atoms with van der Waals surface area (Å²) in [5, 5.41) is 8.56. The van der Waals surface area contributed by atoms with Crippen molar-refractivity contribution in [3.8, 4) is 0 Å². The molecule has 0 spiro atoms. The second kappa shape index (κ2) is 6.32. The number of halogens is 1. The molecule has 0 bridgehead atoms. The van der Waals surface area contributed by atoms with Crippen molar-refractivity contribution in [2.45, 2.75) is 0 Å². The summed E-state index contributed by atoms with van der Waals surface area (Å²) >= 11 is 1.18. The Kier molecular flexibility index (Phi) is 4.49. The van der Waals surface area contributed by atoms with Gasteiger partial charge in [0.25, 0.3) is 5.91 Å². The van der Waals surface area contributed by atoms with Gasteiger partial charge in [0, 0.05) is 23.7 Å². The topological polar surface area (TPSA) is 57.6 Å². The smallest absolute Gasteiger partial charge is 0.328 e. The van der Waals surface area contributed by atoms with Crippen molar-refractivity contribution in [1.29, 1.82) is 0 Å². The third kappa shape index (κ3) is 3.76. The minimum absolute atomic E-state index is 0.277. The zero-order chi connectivity index (χ0) is 15.4. The maximum Gasteiger partial charge on any atom is 0.328 e. The number of carbonyl (C=O) groups is 2. The predicted molar refractivity (Wildman–Crippen MR) is 80.1 cm³/mol. The first-order chi connectivity index (χ1) is 9.97. The van der Waals surface area contributed by atoms with Crippen LogP contribution in [0.15, 0.2) is 42.5 Å². The Morgan fingerprint density at radius 1 is 1.29 bits per heavy atom. The Bertz CT molecular complexity index is 708. The van der Waals surface area contributed by atoms with E-state index >= 15 is 0 Å². The van der Waals surface area contributed by atoms with Crippen LogP contribution in [0.5, 0.6) is 0 Å². The van der Waals surface area contributed by atoms with Crippen LogP contribution in [0.25, 0.3) is 6.08 Å². The minimum atomic E-state index is -1.05. The van der Waals surface area contributed by atoms with Gasteiger partial charge in [0.1, 0.15) is 5.82 Å². The van der Waals surface area contributed by atoms with Crippen molar-refractivity contribution in [3.05, 3.63) is 58.0 Å². The number of hydrogen-bond acceptors (Lipinski definition) is 3. The quantitative estimate of drug-likeness (QED) is 0.882. The monoisotopic (exact) mass is 305 g/mol. The van der Waals surface area contributed by atoms with E-state index in [-0.39, 0.29) is 5.91 Å².